The van der Waals surface area contributed by atoms with Gasteiger partial charge >= 0.3 is 5.97 Å². The van der Waals surface area contributed by atoms with E-state index in [1.807, 2.05) is 44.2 Å². The molecule has 4 N–H and O–H groups in total. The maximum Gasteiger partial charge on any atom is 0.336 e. The zero-order valence-electron chi connectivity index (χ0n) is 24.5. The quantitative estimate of drug-likeness (QED) is 0.0732. The predicted molar refractivity (Wildman–Crippen MR) is 165 cm³/mol. The number of carboxylic acids is 1. The van der Waals surface area contributed by atoms with Crippen molar-refractivity contribution in [3.8, 4) is 0 Å². The molecule has 0 aliphatic carbocycles. The number of carboxylic acid groups (broad SMARTS) is 1. The topological polar surface area (TPSA) is 160 Å². The molecule has 0 atom stereocenters. The van der Waals surface area contributed by atoms with Crippen molar-refractivity contribution >= 4 is 28.9 Å². The van der Waals surface area contributed by atoms with Gasteiger partial charge in [-0.3, -0.25) is 30.5 Å². The molecule has 0 saturated carbocycles. The highest BCUT2D eigenvalue weighted by molar-refractivity contribution is 6.11. The molecule has 4 aromatic carbocycles. The van der Waals surface area contributed by atoms with Crippen LogP contribution < -0.4 is 10.8 Å². The maximum absolute atomic E-state index is 12.9. The summed E-state index contributed by atoms with van der Waals surface area (Å²) in [6.07, 6.45) is 1.36. The number of benzene rings is 4. The number of non-ortho nitro benzene ring substituents is 1. The largest absolute Gasteiger partial charge is 0.478 e. The normalized spacial score (nSPS) is 10.8. The van der Waals surface area contributed by atoms with Crippen LogP contribution in [0.15, 0.2) is 72.8 Å². The zero-order chi connectivity index (χ0) is 31.8. The van der Waals surface area contributed by atoms with E-state index in [0.29, 0.717) is 23.2 Å². The number of aromatic carboxylic acids is 1. The van der Waals surface area contributed by atoms with E-state index < -0.39 is 16.8 Å². The fourth-order valence-electron chi connectivity index (χ4n) is 4.85. The molecule has 0 heterocycles. The highest BCUT2D eigenvalue weighted by Gasteiger charge is 2.18. The fourth-order valence-corrected chi connectivity index (χ4v) is 4.85. The summed E-state index contributed by atoms with van der Waals surface area (Å²) in [6, 6.07) is 20.6. The van der Waals surface area contributed by atoms with Crippen LogP contribution in [0.5, 0.6) is 0 Å². The summed E-state index contributed by atoms with van der Waals surface area (Å²) in [5.41, 5.74) is 10.1. The number of aryl methyl sites for hydroxylation is 3. The average molecular weight is 600 g/mol. The first kappa shape index (κ1) is 31.8. The molecule has 0 aromatic heterocycles. The van der Waals surface area contributed by atoms with Crippen molar-refractivity contribution < 1.29 is 34.6 Å². The Morgan fingerprint density at radius 2 is 1.57 bits per heavy atom. The minimum absolute atomic E-state index is 0.00887. The van der Waals surface area contributed by atoms with Crippen LogP contribution in [-0.4, -0.2) is 27.2 Å². The van der Waals surface area contributed by atoms with Crippen LogP contribution in [-0.2, 0) is 35.8 Å². The van der Waals surface area contributed by atoms with Gasteiger partial charge in [-0.15, -0.1) is 0 Å². The third-order valence-electron chi connectivity index (χ3n) is 7.18. The van der Waals surface area contributed by atoms with Crippen LogP contribution in [0.3, 0.4) is 0 Å². The van der Waals surface area contributed by atoms with Crippen LogP contribution in [0.2, 0.25) is 0 Å². The van der Waals surface area contributed by atoms with Gasteiger partial charge in [0.15, 0.2) is 0 Å². The Morgan fingerprint density at radius 1 is 0.841 bits per heavy atom. The van der Waals surface area contributed by atoms with E-state index in [1.54, 1.807) is 19.1 Å². The van der Waals surface area contributed by atoms with Crippen molar-refractivity contribution in [3.63, 3.8) is 0 Å². The fraction of sp³-hybridized carbons (Fsp3) is 0.212. The molecule has 0 fully saturated rings. The van der Waals surface area contributed by atoms with Gasteiger partial charge in [0.25, 0.3) is 11.6 Å². The van der Waals surface area contributed by atoms with Crippen LogP contribution in [0.4, 0.5) is 17.1 Å². The van der Waals surface area contributed by atoms with E-state index in [-0.39, 0.29) is 30.0 Å². The Kier molecular flexibility index (Phi) is 10.4. The zero-order valence-corrected chi connectivity index (χ0v) is 24.5. The van der Waals surface area contributed by atoms with Gasteiger partial charge in [0, 0.05) is 17.8 Å². The van der Waals surface area contributed by atoms with E-state index in [2.05, 4.69) is 21.8 Å². The van der Waals surface area contributed by atoms with E-state index in [9.17, 15) is 24.8 Å². The van der Waals surface area contributed by atoms with Crippen molar-refractivity contribution in [1.29, 1.82) is 0 Å². The Hall–Kier alpha value is -5.10. The number of nitrogens with one attached hydrogen (secondary N) is 2. The molecule has 0 radical (unpaired) electrons. The monoisotopic (exact) mass is 599 g/mol. The Labute approximate surface area is 254 Å². The molecule has 0 bridgehead atoms. The van der Waals surface area contributed by atoms with Crippen molar-refractivity contribution in [2.24, 2.45) is 0 Å². The van der Waals surface area contributed by atoms with Crippen LogP contribution >= 0.6 is 0 Å². The van der Waals surface area contributed by atoms with E-state index in [0.717, 1.165) is 39.9 Å². The van der Waals surface area contributed by atoms with Crippen LogP contribution in [0.25, 0.3) is 0 Å². The number of nitrogens with zero attached hydrogens (tertiary/aromatic N) is 1. The minimum atomic E-state index is -1.16. The Morgan fingerprint density at radius 3 is 2.23 bits per heavy atom. The summed E-state index contributed by atoms with van der Waals surface area (Å²) in [4.78, 5) is 45.1. The number of hydrogen-bond acceptors (Lipinski definition) is 8. The average Bonchev–Trinajstić information content (AvgIpc) is 2.99. The van der Waals surface area contributed by atoms with E-state index in [4.69, 9.17) is 10.1 Å². The summed E-state index contributed by atoms with van der Waals surface area (Å²) in [6.45, 7) is 5.58. The second kappa shape index (κ2) is 14.4. The highest BCUT2D eigenvalue weighted by atomic mass is 17.1. The third-order valence-corrected chi connectivity index (χ3v) is 7.18. The number of nitro groups is 1. The van der Waals surface area contributed by atoms with Gasteiger partial charge in [-0.2, -0.15) is 0 Å². The van der Waals surface area contributed by atoms with Gasteiger partial charge in [-0.05, 0) is 90.4 Å². The smallest absolute Gasteiger partial charge is 0.336 e. The SMILES string of the molecule is CCc1cc(Cc2ccc(NC(=O)c3cc(C)ccc3C(=O)O)c(C)c2)ccc1NOCc1cc([N+](=O)[O-])ccc1COO. The van der Waals surface area contributed by atoms with Crippen molar-refractivity contribution in [3.05, 3.63) is 133 Å². The van der Waals surface area contributed by atoms with Gasteiger partial charge in [0.05, 0.1) is 21.7 Å². The summed E-state index contributed by atoms with van der Waals surface area (Å²) < 4.78 is 0. The first-order chi connectivity index (χ1) is 21.1. The summed E-state index contributed by atoms with van der Waals surface area (Å²) in [5.74, 6) is -1.64. The first-order valence-electron chi connectivity index (χ1n) is 13.9. The standard InChI is InChI=1S/C33H33N3O8/c1-4-24-16-23(7-12-31(24)35-43-18-26-17-27(36(40)41)9-8-25(26)19-44-42)15-22-6-11-30(21(3)14-22)34-32(37)29-13-20(2)5-10-28(29)33(38)39/h5-14,16-17,35,42H,4,15,18-19H2,1-3H3,(H,34,37)(H,38,39). The molecular weight excluding hydrogens is 566 g/mol. The molecule has 1 amide bonds. The molecule has 228 valence electrons. The number of carbonyl (C=O) groups is 2. The predicted octanol–water partition coefficient (Wildman–Crippen LogP) is 6.85. The molecule has 11 heteroatoms. The second-order valence-electron chi connectivity index (χ2n) is 10.4. The molecular formula is C33H33N3O8. The molecule has 0 unspecified atom stereocenters. The van der Waals surface area contributed by atoms with E-state index >= 15 is 0 Å². The maximum atomic E-state index is 12.9. The second-order valence-corrected chi connectivity index (χ2v) is 10.4. The summed E-state index contributed by atoms with van der Waals surface area (Å²) in [7, 11) is 0. The number of rotatable bonds is 13. The lowest BCUT2D eigenvalue weighted by atomic mass is 9.99. The van der Waals surface area contributed by atoms with E-state index in [1.165, 1.54) is 24.3 Å². The van der Waals surface area contributed by atoms with Crippen molar-refractivity contribution in [2.75, 3.05) is 10.8 Å². The lowest BCUT2D eigenvalue weighted by molar-refractivity contribution is -0.385. The van der Waals surface area contributed by atoms with Gasteiger partial charge in [0.2, 0.25) is 0 Å². The van der Waals surface area contributed by atoms with Gasteiger partial charge in [0.1, 0.15) is 13.2 Å². The van der Waals surface area contributed by atoms with Crippen molar-refractivity contribution in [1.82, 2.24) is 0 Å². The number of hydrogen-bond donors (Lipinski definition) is 4. The van der Waals surface area contributed by atoms with Gasteiger partial charge in [-0.1, -0.05) is 42.8 Å². The first-order valence-corrected chi connectivity index (χ1v) is 13.9. The number of nitro benzene ring substituents is 1. The van der Waals surface area contributed by atoms with Gasteiger partial charge in [-0.25, -0.2) is 9.68 Å². The molecule has 0 aliphatic heterocycles. The molecule has 44 heavy (non-hydrogen) atoms. The van der Waals surface area contributed by atoms with Crippen LogP contribution in [0, 0.1) is 24.0 Å². The summed E-state index contributed by atoms with van der Waals surface area (Å²) >= 11 is 0. The Bertz CT molecular complexity index is 1700. The lowest BCUT2D eigenvalue weighted by Crippen LogP contribution is -2.17. The molecule has 11 nitrogen and oxygen atoms in total. The Balaban J connectivity index is 1.42. The number of amides is 1. The molecule has 0 saturated heterocycles. The lowest BCUT2D eigenvalue weighted by Gasteiger charge is -2.15. The summed E-state index contributed by atoms with van der Waals surface area (Å²) in [5, 5.41) is 32.3. The highest BCUT2D eigenvalue weighted by Crippen LogP contribution is 2.25. The third kappa shape index (κ3) is 7.84. The minimum Gasteiger partial charge on any atom is -0.478 e. The molecule has 4 aromatic rings. The molecule has 0 aliphatic rings. The van der Waals surface area contributed by atoms with Gasteiger partial charge < -0.3 is 10.4 Å². The molecule has 0 spiro atoms. The molecule has 4 rings (SSSR count). The number of anilines is 2. The van der Waals surface area contributed by atoms with Crippen molar-refractivity contribution in [2.45, 2.75) is 46.8 Å². The van der Waals surface area contributed by atoms with Crippen LogP contribution in [0.1, 0.15) is 66.6 Å². The number of carbonyl (C=O) groups excluding carboxylic acids is 1.